The lowest BCUT2D eigenvalue weighted by molar-refractivity contribution is -0.126. The smallest absolute Gasteiger partial charge is 0.193 e. The molecule has 4 saturated carbocycles. The summed E-state index contributed by atoms with van der Waals surface area (Å²) in [6.07, 6.45) is 9.37. The van der Waals surface area contributed by atoms with Gasteiger partial charge < -0.3 is 20.4 Å². The Kier molecular flexibility index (Phi) is 11.4. The van der Waals surface area contributed by atoms with Gasteiger partial charge in [-0.1, -0.05) is 99.2 Å². The number of carbonyl (C=O) groups is 1. The van der Waals surface area contributed by atoms with E-state index in [9.17, 15) is 25.2 Å². The van der Waals surface area contributed by atoms with Crippen LogP contribution in [0.5, 0.6) is 0 Å². The van der Waals surface area contributed by atoms with E-state index in [4.69, 9.17) is 0 Å². The third-order valence-electron chi connectivity index (χ3n) is 14.8. The van der Waals surface area contributed by atoms with E-state index in [1.807, 2.05) is 48.5 Å². The van der Waals surface area contributed by atoms with Crippen molar-refractivity contribution in [2.75, 3.05) is 26.2 Å². The lowest BCUT2D eigenvalue weighted by Crippen LogP contribution is -2.58. The Bertz CT molecular complexity index is 1800. The predicted octanol–water partition coefficient (Wildman–Crippen LogP) is 8.35. The van der Waals surface area contributed by atoms with E-state index in [1.54, 1.807) is 0 Å². The van der Waals surface area contributed by atoms with Crippen LogP contribution in [0, 0.1) is 28.6 Å². The van der Waals surface area contributed by atoms with Crippen LogP contribution in [0.25, 0.3) is 11.1 Å². The molecule has 9 rings (SSSR count). The van der Waals surface area contributed by atoms with E-state index in [2.05, 4.69) is 62.9 Å². The molecule has 8 unspecified atom stereocenters. The quantitative estimate of drug-likeness (QED) is 0.124. The molecule has 0 radical (unpaired) electrons. The summed E-state index contributed by atoms with van der Waals surface area (Å²) in [6.45, 7) is 10.4. The molecule has 6 heteroatoms. The first-order chi connectivity index (χ1) is 25.8. The molecule has 0 aromatic heterocycles. The second-order valence-corrected chi connectivity index (χ2v) is 18.4. The Morgan fingerprint density at radius 2 is 1.67 bits per heavy atom. The summed E-state index contributed by atoms with van der Waals surface area (Å²) < 4.78 is 0. The third-order valence-corrected chi connectivity index (χ3v) is 14.8. The zero-order valence-electron chi connectivity index (χ0n) is 33.0. The number of hydrogen-bond donors (Lipinski definition) is 4. The molecule has 3 aromatic rings. The zero-order chi connectivity index (χ0) is 38.3. The molecule has 54 heavy (non-hydrogen) atoms. The minimum Gasteiger partial charge on any atom is -0.394 e. The largest absolute Gasteiger partial charge is 0.394 e. The monoisotopic (exact) mass is 733 g/mol. The number of aliphatic hydroxyl groups excluding tert-OH is 3. The second kappa shape index (κ2) is 15.8. The molecule has 6 aliphatic carbocycles. The van der Waals surface area contributed by atoms with Crippen molar-refractivity contribution in [3.8, 4) is 11.1 Å². The number of hydrogen-bond acceptors (Lipinski definition) is 6. The van der Waals surface area contributed by atoms with Crippen molar-refractivity contribution in [2.45, 2.75) is 116 Å². The maximum absolute atomic E-state index is 14.7. The predicted molar refractivity (Wildman–Crippen MR) is 216 cm³/mol. The molecule has 0 heterocycles. The van der Waals surface area contributed by atoms with E-state index in [0.29, 0.717) is 60.7 Å². The van der Waals surface area contributed by atoms with Gasteiger partial charge in [0.1, 0.15) is 0 Å². The highest BCUT2D eigenvalue weighted by atomic mass is 16.3. The molecule has 0 aliphatic heterocycles. The molecule has 6 aliphatic rings. The SMILES string of the molecule is CC1=CCCC2(C)C(CCC2(O)CN(CC(O)CO)CC2CCC3CC2C3(C)C)c2ccc(cc2C(=O)c2ccc(-c3ccccc3)cc2)CC(O)CC1. The molecular formula is C48H63NO5. The second-order valence-electron chi connectivity index (χ2n) is 18.4. The first-order valence-corrected chi connectivity index (χ1v) is 20.7. The van der Waals surface area contributed by atoms with E-state index >= 15 is 0 Å². The van der Waals surface area contributed by atoms with Crippen LogP contribution in [0.15, 0.2) is 84.4 Å². The van der Waals surface area contributed by atoms with E-state index < -0.39 is 23.2 Å². The van der Waals surface area contributed by atoms with Crippen molar-refractivity contribution < 1.29 is 25.2 Å². The number of allylic oxidation sites excluding steroid dienone is 2. The van der Waals surface area contributed by atoms with Gasteiger partial charge in [-0.2, -0.15) is 0 Å². The summed E-state index contributed by atoms with van der Waals surface area (Å²) in [5.41, 5.74) is 5.29. The molecule has 4 fully saturated rings. The molecule has 4 bridgehead atoms. The molecule has 8 atom stereocenters. The van der Waals surface area contributed by atoms with Gasteiger partial charge in [0, 0.05) is 36.2 Å². The van der Waals surface area contributed by atoms with E-state index in [0.717, 1.165) is 60.4 Å². The summed E-state index contributed by atoms with van der Waals surface area (Å²) in [5.74, 6) is 1.82. The van der Waals surface area contributed by atoms with Crippen molar-refractivity contribution in [3.63, 3.8) is 0 Å². The topological polar surface area (TPSA) is 101 Å². The van der Waals surface area contributed by atoms with Gasteiger partial charge in [-0.3, -0.25) is 9.69 Å². The van der Waals surface area contributed by atoms with Crippen molar-refractivity contribution in [1.82, 2.24) is 4.90 Å². The van der Waals surface area contributed by atoms with Gasteiger partial charge in [0.15, 0.2) is 5.78 Å². The van der Waals surface area contributed by atoms with Crippen molar-refractivity contribution in [2.24, 2.45) is 28.6 Å². The lowest BCUT2D eigenvalue weighted by Gasteiger charge is -2.61. The Balaban J connectivity index is 1.25. The number of rotatable bonds is 10. The minimum absolute atomic E-state index is 0.0343. The number of ketones is 1. The van der Waals surface area contributed by atoms with Gasteiger partial charge >= 0.3 is 0 Å². The van der Waals surface area contributed by atoms with Crippen LogP contribution in [-0.4, -0.2) is 75.2 Å². The number of benzene rings is 3. The molecule has 0 spiro atoms. The van der Waals surface area contributed by atoms with Crippen LogP contribution in [-0.2, 0) is 6.42 Å². The lowest BCUT2D eigenvalue weighted by atomic mass is 9.45. The number of nitrogens with zero attached hydrogens (tertiary/aromatic N) is 1. The highest BCUT2D eigenvalue weighted by Gasteiger charge is 2.58. The first-order valence-electron chi connectivity index (χ1n) is 20.7. The van der Waals surface area contributed by atoms with Gasteiger partial charge in [0.25, 0.3) is 0 Å². The van der Waals surface area contributed by atoms with E-state index in [1.165, 1.54) is 24.8 Å². The molecular weight excluding hydrogens is 671 g/mol. The average Bonchev–Trinajstić information content (AvgIpc) is 3.42. The maximum atomic E-state index is 14.7. The molecule has 6 nitrogen and oxygen atoms in total. The summed E-state index contributed by atoms with van der Waals surface area (Å²) >= 11 is 0. The van der Waals surface area contributed by atoms with Crippen LogP contribution in [0.3, 0.4) is 0 Å². The maximum Gasteiger partial charge on any atom is 0.193 e. The van der Waals surface area contributed by atoms with Gasteiger partial charge in [-0.15, -0.1) is 0 Å². The van der Waals surface area contributed by atoms with Crippen molar-refractivity contribution in [3.05, 3.63) is 107 Å². The number of carbonyl (C=O) groups excluding carboxylic acids is 1. The fourth-order valence-electron chi connectivity index (χ4n) is 11.2. The zero-order valence-corrected chi connectivity index (χ0v) is 33.0. The fraction of sp³-hybridized carbons (Fsp3) is 0.562. The van der Waals surface area contributed by atoms with Crippen LogP contribution in [0.2, 0.25) is 0 Å². The Morgan fingerprint density at radius 1 is 0.926 bits per heavy atom. The summed E-state index contributed by atoms with van der Waals surface area (Å²) in [5, 5.41) is 45.0. The highest BCUT2D eigenvalue weighted by Crippen LogP contribution is 2.62. The van der Waals surface area contributed by atoms with Gasteiger partial charge in [-0.25, -0.2) is 0 Å². The molecule has 3 aromatic carbocycles. The Labute approximate surface area is 323 Å². The molecule has 0 amide bonds. The van der Waals surface area contributed by atoms with Crippen molar-refractivity contribution >= 4 is 5.78 Å². The van der Waals surface area contributed by atoms with E-state index in [-0.39, 0.29) is 18.3 Å². The van der Waals surface area contributed by atoms with Gasteiger partial charge in [0.2, 0.25) is 0 Å². The first kappa shape index (κ1) is 39.1. The molecule has 0 saturated heterocycles. The minimum atomic E-state index is -1.08. The average molecular weight is 734 g/mol. The summed E-state index contributed by atoms with van der Waals surface area (Å²) in [4.78, 5) is 16.9. The van der Waals surface area contributed by atoms with Crippen molar-refractivity contribution in [1.29, 1.82) is 0 Å². The van der Waals surface area contributed by atoms with Crippen LogP contribution in [0.1, 0.15) is 118 Å². The van der Waals surface area contributed by atoms with Gasteiger partial charge in [0.05, 0.1) is 24.4 Å². The normalized spacial score (nSPS) is 31.3. The summed E-state index contributed by atoms with van der Waals surface area (Å²) in [6, 6.07) is 24.3. The van der Waals surface area contributed by atoms with Crippen LogP contribution in [0.4, 0.5) is 0 Å². The van der Waals surface area contributed by atoms with Crippen LogP contribution >= 0.6 is 0 Å². The van der Waals surface area contributed by atoms with Crippen LogP contribution < -0.4 is 0 Å². The molecule has 4 N–H and O–H groups in total. The Hall–Kier alpha value is -3.13. The standard InChI is InChI=1S/C48H63NO5/c1-32-9-8-23-47(4)43(22-24-48(47,54)31-49(29-40(52)30-50)28-37-18-19-38-27-44(37)46(38,2)3)41-21-13-33(25-39(51)20-12-32)26-42(41)45(53)36-16-14-35(15-17-36)34-10-6-5-7-11-34/h5-7,9-11,13-17,21,26,37-40,43-44,50-52,54H,8,12,18-20,22-25,27-31H2,1-4H3. The molecule has 290 valence electrons. The number of fused-ring (bicyclic) bond motifs is 10. The fourth-order valence-corrected chi connectivity index (χ4v) is 11.2. The third kappa shape index (κ3) is 7.67. The summed E-state index contributed by atoms with van der Waals surface area (Å²) in [7, 11) is 0. The van der Waals surface area contributed by atoms with Gasteiger partial charge in [-0.05, 0) is 129 Å². The Morgan fingerprint density at radius 3 is 2.37 bits per heavy atom. The highest BCUT2D eigenvalue weighted by molar-refractivity contribution is 6.10. The number of aliphatic hydroxyl groups is 4.